The third kappa shape index (κ3) is 3.67. The van der Waals surface area contributed by atoms with Crippen LogP contribution < -0.4 is 11.1 Å². The number of carbonyl (C=O) groups is 1. The summed E-state index contributed by atoms with van der Waals surface area (Å²) in [6.07, 6.45) is 3.89. The molecule has 0 aliphatic carbocycles. The molecular weight excluding hydrogens is 258 g/mol. The fourth-order valence-corrected chi connectivity index (χ4v) is 2.16. The lowest BCUT2D eigenvalue weighted by Gasteiger charge is -2.14. The first-order valence-electron chi connectivity index (χ1n) is 6.65. The van der Waals surface area contributed by atoms with E-state index in [4.69, 9.17) is 10.9 Å². The predicted molar refractivity (Wildman–Crippen MR) is 74.8 cm³/mol. The van der Waals surface area contributed by atoms with E-state index in [-0.39, 0.29) is 11.7 Å². The third-order valence-corrected chi connectivity index (χ3v) is 3.31. The molecule has 0 unspecified atom stereocenters. The van der Waals surface area contributed by atoms with E-state index in [1.807, 2.05) is 0 Å². The Labute approximate surface area is 117 Å². The van der Waals surface area contributed by atoms with Crippen molar-refractivity contribution in [2.45, 2.75) is 12.8 Å². The fourth-order valence-electron chi connectivity index (χ4n) is 2.16. The molecule has 0 bridgehead atoms. The predicted octanol–water partition coefficient (Wildman–Crippen LogP) is 0.00170. The van der Waals surface area contributed by atoms with Gasteiger partial charge in [-0.3, -0.25) is 9.78 Å². The molecule has 1 aromatic heterocycles. The molecule has 0 spiro atoms. The van der Waals surface area contributed by atoms with Crippen LogP contribution in [0.25, 0.3) is 0 Å². The van der Waals surface area contributed by atoms with E-state index in [1.54, 1.807) is 12.1 Å². The average molecular weight is 277 g/mol. The number of amidine groups is 1. The zero-order valence-electron chi connectivity index (χ0n) is 11.2. The second-order valence-electron chi connectivity index (χ2n) is 4.72. The summed E-state index contributed by atoms with van der Waals surface area (Å²) in [4.78, 5) is 18.2. The summed E-state index contributed by atoms with van der Waals surface area (Å²) in [6, 6.07) is 3.15. The van der Waals surface area contributed by atoms with Gasteiger partial charge in [-0.05, 0) is 38.1 Å². The maximum Gasteiger partial charge on any atom is 0.269 e. The molecule has 2 rings (SSSR count). The van der Waals surface area contributed by atoms with Gasteiger partial charge < -0.3 is 21.2 Å². The minimum Gasteiger partial charge on any atom is -0.409 e. The van der Waals surface area contributed by atoms with Gasteiger partial charge in [0.1, 0.15) is 5.69 Å². The van der Waals surface area contributed by atoms with Gasteiger partial charge in [0.15, 0.2) is 5.84 Å². The van der Waals surface area contributed by atoms with E-state index in [0.29, 0.717) is 17.8 Å². The quantitative estimate of drug-likeness (QED) is 0.304. The van der Waals surface area contributed by atoms with Crippen molar-refractivity contribution >= 4 is 11.7 Å². The number of amides is 1. The Hall–Kier alpha value is -2.15. The molecule has 2 heterocycles. The summed E-state index contributed by atoms with van der Waals surface area (Å²) in [5, 5.41) is 14.2. The highest BCUT2D eigenvalue weighted by Crippen LogP contribution is 2.05. The maximum atomic E-state index is 11.9. The lowest BCUT2D eigenvalue weighted by Crippen LogP contribution is -2.33. The van der Waals surface area contributed by atoms with Gasteiger partial charge in [-0.15, -0.1) is 0 Å². The Morgan fingerprint density at radius 3 is 2.80 bits per heavy atom. The number of oxime groups is 1. The van der Waals surface area contributed by atoms with Crippen molar-refractivity contribution in [2.75, 3.05) is 26.2 Å². The highest BCUT2D eigenvalue weighted by atomic mass is 16.4. The first-order chi connectivity index (χ1) is 9.70. The molecule has 0 aromatic carbocycles. The van der Waals surface area contributed by atoms with Crippen molar-refractivity contribution in [3.05, 3.63) is 29.6 Å². The number of nitrogens with two attached hydrogens (primary N) is 1. The Morgan fingerprint density at radius 2 is 2.20 bits per heavy atom. The van der Waals surface area contributed by atoms with Crippen LogP contribution in [0.1, 0.15) is 28.9 Å². The van der Waals surface area contributed by atoms with Gasteiger partial charge in [0, 0.05) is 24.8 Å². The monoisotopic (exact) mass is 277 g/mol. The topological polar surface area (TPSA) is 104 Å². The summed E-state index contributed by atoms with van der Waals surface area (Å²) < 4.78 is 0. The number of nitrogens with zero attached hydrogens (tertiary/aromatic N) is 3. The van der Waals surface area contributed by atoms with Crippen molar-refractivity contribution in [1.82, 2.24) is 15.2 Å². The van der Waals surface area contributed by atoms with Crippen LogP contribution in [0.15, 0.2) is 23.5 Å². The van der Waals surface area contributed by atoms with E-state index in [9.17, 15) is 4.79 Å². The smallest absolute Gasteiger partial charge is 0.269 e. The number of pyridine rings is 1. The summed E-state index contributed by atoms with van der Waals surface area (Å²) in [5.74, 6) is -0.242. The molecule has 0 atom stereocenters. The van der Waals surface area contributed by atoms with Crippen molar-refractivity contribution < 1.29 is 10.0 Å². The summed E-state index contributed by atoms with van der Waals surface area (Å²) >= 11 is 0. The van der Waals surface area contributed by atoms with E-state index >= 15 is 0 Å². The van der Waals surface area contributed by atoms with Gasteiger partial charge >= 0.3 is 0 Å². The molecule has 1 fully saturated rings. The molecule has 1 amide bonds. The molecule has 20 heavy (non-hydrogen) atoms. The van der Waals surface area contributed by atoms with E-state index < -0.39 is 0 Å². The molecule has 7 nitrogen and oxygen atoms in total. The zero-order chi connectivity index (χ0) is 14.4. The van der Waals surface area contributed by atoms with Crippen LogP contribution in [0, 0.1) is 0 Å². The zero-order valence-corrected chi connectivity index (χ0v) is 11.2. The van der Waals surface area contributed by atoms with Crippen molar-refractivity contribution in [2.24, 2.45) is 10.9 Å². The van der Waals surface area contributed by atoms with E-state index in [1.165, 1.54) is 19.0 Å². The minimum absolute atomic E-state index is 0.0292. The molecule has 0 saturated carbocycles. The van der Waals surface area contributed by atoms with Crippen molar-refractivity contribution in [3.8, 4) is 0 Å². The Bertz CT molecular complexity index is 480. The number of rotatable bonds is 5. The van der Waals surface area contributed by atoms with Crippen LogP contribution >= 0.6 is 0 Å². The maximum absolute atomic E-state index is 11.9. The number of hydrogen-bond donors (Lipinski definition) is 3. The molecule has 1 aromatic rings. The van der Waals surface area contributed by atoms with Crippen molar-refractivity contribution in [1.29, 1.82) is 0 Å². The van der Waals surface area contributed by atoms with Gasteiger partial charge in [-0.2, -0.15) is 0 Å². The standard InChI is InChI=1S/C13H19N5O2/c14-12(17-20)10-3-4-11(16-9-10)13(19)15-5-8-18-6-1-2-7-18/h3-4,9,20H,1-2,5-8H2,(H2,14,17)(H,15,19). The normalized spacial score (nSPS) is 16.3. The lowest BCUT2D eigenvalue weighted by atomic mass is 10.2. The number of likely N-dealkylation sites (tertiary alicyclic amines) is 1. The number of carbonyl (C=O) groups excluding carboxylic acids is 1. The van der Waals surface area contributed by atoms with Gasteiger partial charge in [-0.1, -0.05) is 5.16 Å². The summed E-state index contributed by atoms with van der Waals surface area (Å²) in [7, 11) is 0. The number of nitrogens with one attached hydrogen (secondary N) is 1. The van der Waals surface area contributed by atoms with E-state index in [0.717, 1.165) is 19.6 Å². The van der Waals surface area contributed by atoms with Crippen LogP contribution in [0.3, 0.4) is 0 Å². The van der Waals surface area contributed by atoms with Crippen LogP contribution in [0.2, 0.25) is 0 Å². The number of hydrogen-bond acceptors (Lipinski definition) is 5. The van der Waals surface area contributed by atoms with E-state index in [2.05, 4.69) is 20.4 Å². The molecule has 7 heteroatoms. The van der Waals surface area contributed by atoms with Crippen LogP contribution in [-0.2, 0) is 0 Å². The van der Waals surface area contributed by atoms with Crippen molar-refractivity contribution in [3.63, 3.8) is 0 Å². The SMILES string of the molecule is NC(=NO)c1ccc(C(=O)NCCN2CCCC2)nc1. The Balaban J connectivity index is 1.82. The first kappa shape index (κ1) is 14.3. The molecular formula is C13H19N5O2. The van der Waals surface area contributed by atoms with Gasteiger partial charge in [-0.25, -0.2) is 0 Å². The highest BCUT2D eigenvalue weighted by Gasteiger charge is 2.12. The highest BCUT2D eigenvalue weighted by molar-refractivity contribution is 5.98. The van der Waals surface area contributed by atoms with Gasteiger partial charge in [0.2, 0.25) is 0 Å². The Kier molecular flexibility index (Phi) is 4.89. The molecule has 4 N–H and O–H groups in total. The largest absolute Gasteiger partial charge is 0.409 e. The average Bonchev–Trinajstić information content (AvgIpc) is 2.99. The van der Waals surface area contributed by atoms with Crippen LogP contribution in [0.5, 0.6) is 0 Å². The van der Waals surface area contributed by atoms with Gasteiger partial charge in [0.05, 0.1) is 0 Å². The molecule has 1 aliphatic rings. The molecule has 108 valence electrons. The molecule has 1 saturated heterocycles. The number of aromatic nitrogens is 1. The van der Waals surface area contributed by atoms with Gasteiger partial charge in [0.25, 0.3) is 5.91 Å². The second kappa shape index (κ2) is 6.85. The minimum atomic E-state index is -0.213. The summed E-state index contributed by atoms with van der Waals surface area (Å²) in [5.41, 5.74) is 6.22. The summed E-state index contributed by atoms with van der Waals surface area (Å²) in [6.45, 7) is 3.71. The second-order valence-corrected chi connectivity index (χ2v) is 4.72. The van der Waals surface area contributed by atoms with Crippen LogP contribution in [-0.4, -0.2) is 53.0 Å². The lowest BCUT2D eigenvalue weighted by molar-refractivity contribution is 0.0945. The molecule has 1 aliphatic heterocycles. The first-order valence-corrected chi connectivity index (χ1v) is 6.65. The van der Waals surface area contributed by atoms with Crippen LogP contribution in [0.4, 0.5) is 0 Å². The fraction of sp³-hybridized carbons (Fsp3) is 0.462. The molecule has 0 radical (unpaired) electrons. The third-order valence-electron chi connectivity index (χ3n) is 3.31. The Morgan fingerprint density at radius 1 is 1.45 bits per heavy atom.